The zero-order valence-electron chi connectivity index (χ0n) is 10.5. The molecule has 2 nitrogen and oxygen atoms in total. The maximum absolute atomic E-state index is 13.5. The molecule has 0 amide bonds. The second kappa shape index (κ2) is 5.61. The highest BCUT2D eigenvalue weighted by Crippen LogP contribution is 2.29. The molecule has 3 heteroatoms. The van der Waals surface area contributed by atoms with Gasteiger partial charge in [0, 0.05) is 12.6 Å². The molecule has 0 aromatic heterocycles. The van der Waals surface area contributed by atoms with Crippen LogP contribution in [0, 0.1) is 12.7 Å². The van der Waals surface area contributed by atoms with Gasteiger partial charge in [0.05, 0.1) is 6.10 Å². The minimum Gasteiger partial charge on any atom is -0.373 e. The van der Waals surface area contributed by atoms with Gasteiger partial charge in [-0.15, -0.1) is 0 Å². The van der Waals surface area contributed by atoms with E-state index in [-0.39, 0.29) is 11.9 Å². The summed E-state index contributed by atoms with van der Waals surface area (Å²) in [5.41, 5.74) is 1.64. The fourth-order valence-corrected chi connectivity index (χ4v) is 2.31. The van der Waals surface area contributed by atoms with Crippen molar-refractivity contribution in [1.29, 1.82) is 0 Å². The van der Waals surface area contributed by atoms with Crippen LogP contribution in [0.2, 0.25) is 0 Å². The van der Waals surface area contributed by atoms with E-state index in [0.29, 0.717) is 11.6 Å². The quantitative estimate of drug-likeness (QED) is 0.872. The zero-order valence-corrected chi connectivity index (χ0v) is 10.5. The Morgan fingerprint density at radius 3 is 3.00 bits per heavy atom. The molecule has 0 saturated carbocycles. The molecular weight excluding hydrogens is 217 g/mol. The van der Waals surface area contributed by atoms with Crippen LogP contribution in [-0.4, -0.2) is 19.2 Å². The Labute approximate surface area is 102 Å². The van der Waals surface area contributed by atoms with E-state index in [1.807, 2.05) is 12.1 Å². The molecule has 2 atom stereocenters. The molecule has 0 bridgehead atoms. The maximum atomic E-state index is 13.5. The molecule has 17 heavy (non-hydrogen) atoms. The molecule has 1 aliphatic rings. The van der Waals surface area contributed by atoms with Crippen molar-refractivity contribution >= 4 is 0 Å². The second-order valence-corrected chi connectivity index (χ2v) is 4.65. The van der Waals surface area contributed by atoms with Crippen LogP contribution in [0.5, 0.6) is 0 Å². The Morgan fingerprint density at radius 2 is 2.29 bits per heavy atom. The molecule has 1 aromatic carbocycles. The number of halogens is 1. The van der Waals surface area contributed by atoms with Crippen molar-refractivity contribution in [3.8, 4) is 0 Å². The van der Waals surface area contributed by atoms with E-state index in [1.165, 1.54) is 0 Å². The van der Waals surface area contributed by atoms with Crippen molar-refractivity contribution < 1.29 is 9.13 Å². The Kier molecular flexibility index (Phi) is 4.13. The topological polar surface area (TPSA) is 21.3 Å². The standard InChI is InChI=1S/C14H20FNO/c1-3-16-12-6-7-17-14(9-12)11-5-4-10(2)13(15)8-11/h4-5,8,12,14,16H,3,6-7,9H2,1-2H3. The van der Waals surface area contributed by atoms with Crippen LogP contribution in [0.4, 0.5) is 4.39 Å². The van der Waals surface area contributed by atoms with Crippen molar-refractivity contribution in [2.75, 3.05) is 13.2 Å². The largest absolute Gasteiger partial charge is 0.373 e. The van der Waals surface area contributed by atoms with Crippen LogP contribution in [0.25, 0.3) is 0 Å². The molecule has 1 N–H and O–H groups in total. The average molecular weight is 237 g/mol. The summed E-state index contributed by atoms with van der Waals surface area (Å²) in [6.45, 7) is 5.61. The Balaban J connectivity index is 2.08. The lowest BCUT2D eigenvalue weighted by Gasteiger charge is -2.30. The van der Waals surface area contributed by atoms with Gasteiger partial charge in [0.1, 0.15) is 5.82 Å². The Bertz CT molecular complexity index is 378. The average Bonchev–Trinajstić information content (AvgIpc) is 2.33. The highest BCUT2D eigenvalue weighted by atomic mass is 19.1. The monoisotopic (exact) mass is 237 g/mol. The molecule has 1 aliphatic heterocycles. The second-order valence-electron chi connectivity index (χ2n) is 4.65. The molecule has 0 spiro atoms. The van der Waals surface area contributed by atoms with E-state index in [2.05, 4.69) is 12.2 Å². The van der Waals surface area contributed by atoms with E-state index in [1.54, 1.807) is 13.0 Å². The first-order chi connectivity index (χ1) is 8.20. The zero-order chi connectivity index (χ0) is 12.3. The molecule has 94 valence electrons. The fraction of sp³-hybridized carbons (Fsp3) is 0.571. The van der Waals surface area contributed by atoms with Gasteiger partial charge >= 0.3 is 0 Å². The van der Waals surface area contributed by atoms with Crippen molar-refractivity contribution in [3.63, 3.8) is 0 Å². The summed E-state index contributed by atoms with van der Waals surface area (Å²) in [5, 5.41) is 3.44. The number of nitrogens with one attached hydrogen (secondary N) is 1. The lowest BCUT2D eigenvalue weighted by Crippen LogP contribution is -2.35. The van der Waals surface area contributed by atoms with Crippen LogP contribution >= 0.6 is 0 Å². The summed E-state index contributed by atoms with van der Waals surface area (Å²) in [5.74, 6) is -0.142. The first-order valence-electron chi connectivity index (χ1n) is 6.31. The van der Waals surface area contributed by atoms with Crippen LogP contribution < -0.4 is 5.32 Å². The summed E-state index contributed by atoms with van der Waals surface area (Å²) in [7, 11) is 0. The third-order valence-electron chi connectivity index (χ3n) is 3.34. The smallest absolute Gasteiger partial charge is 0.126 e. The van der Waals surface area contributed by atoms with Crippen molar-refractivity contribution in [2.24, 2.45) is 0 Å². The van der Waals surface area contributed by atoms with Gasteiger partial charge in [0.2, 0.25) is 0 Å². The number of benzene rings is 1. The predicted octanol–water partition coefficient (Wildman–Crippen LogP) is 2.96. The summed E-state index contributed by atoms with van der Waals surface area (Å²) >= 11 is 0. The minimum atomic E-state index is -0.142. The fourth-order valence-electron chi connectivity index (χ4n) is 2.31. The van der Waals surface area contributed by atoms with Gasteiger partial charge in [0.15, 0.2) is 0 Å². The molecule has 1 heterocycles. The molecule has 1 aromatic rings. The summed E-state index contributed by atoms with van der Waals surface area (Å²) in [6.07, 6.45) is 2.00. The molecule has 0 radical (unpaired) electrons. The number of hydrogen-bond donors (Lipinski definition) is 1. The van der Waals surface area contributed by atoms with E-state index < -0.39 is 0 Å². The molecule has 1 fully saturated rings. The lowest BCUT2D eigenvalue weighted by molar-refractivity contribution is 0.000430. The molecule has 2 unspecified atom stereocenters. The van der Waals surface area contributed by atoms with Crippen LogP contribution in [0.3, 0.4) is 0 Å². The van der Waals surface area contributed by atoms with Gasteiger partial charge in [-0.25, -0.2) is 4.39 Å². The Morgan fingerprint density at radius 1 is 1.47 bits per heavy atom. The molecule has 1 saturated heterocycles. The van der Waals surface area contributed by atoms with Crippen molar-refractivity contribution in [3.05, 3.63) is 35.1 Å². The molecule has 2 rings (SSSR count). The van der Waals surface area contributed by atoms with Crippen molar-refractivity contribution in [1.82, 2.24) is 5.32 Å². The van der Waals surface area contributed by atoms with Gasteiger partial charge in [-0.05, 0) is 43.5 Å². The van der Waals surface area contributed by atoms with Gasteiger partial charge in [-0.1, -0.05) is 19.1 Å². The third-order valence-corrected chi connectivity index (χ3v) is 3.34. The van der Waals surface area contributed by atoms with Crippen LogP contribution in [-0.2, 0) is 4.74 Å². The normalized spacial score (nSPS) is 24.9. The lowest BCUT2D eigenvalue weighted by atomic mass is 9.96. The highest BCUT2D eigenvalue weighted by Gasteiger charge is 2.23. The maximum Gasteiger partial charge on any atom is 0.126 e. The number of ether oxygens (including phenoxy) is 1. The molecular formula is C14H20FNO. The van der Waals surface area contributed by atoms with Crippen LogP contribution in [0.15, 0.2) is 18.2 Å². The van der Waals surface area contributed by atoms with E-state index in [9.17, 15) is 4.39 Å². The van der Waals surface area contributed by atoms with Gasteiger partial charge in [0.25, 0.3) is 0 Å². The summed E-state index contributed by atoms with van der Waals surface area (Å²) in [6, 6.07) is 5.89. The number of rotatable bonds is 3. The summed E-state index contributed by atoms with van der Waals surface area (Å²) < 4.78 is 19.2. The predicted molar refractivity (Wildman–Crippen MR) is 66.5 cm³/mol. The van der Waals surface area contributed by atoms with Gasteiger partial charge in [-0.3, -0.25) is 0 Å². The third kappa shape index (κ3) is 3.05. The number of hydrogen-bond acceptors (Lipinski definition) is 2. The van der Waals surface area contributed by atoms with E-state index in [0.717, 1.165) is 31.6 Å². The summed E-state index contributed by atoms with van der Waals surface area (Å²) in [4.78, 5) is 0. The van der Waals surface area contributed by atoms with Gasteiger partial charge in [-0.2, -0.15) is 0 Å². The van der Waals surface area contributed by atoms with Gasteiger partial charge < -0.3 is 10.1 Å². The SMILES string of the molecule is CCNC1CCOC(c2ccc(C)c(F)c2)C1. The minimum absolute atomic E-state index is 0.0305. The first-order valence-corrected chi connectivity index (χ1v) is 6.31. The van der Waals surface area contributed by atoms with E-state index in [4.69, 9.17) is 4.74 Å². The van der Waals surface area contributed by atoms with Crippen LogP contribution in [0.1, 0.15) is 37.0 Å². The van der Waals surface area contributed by atoms with E-state index >= 15 is 0 Å². The highest BCUT2D eigenvalue weighted by molar-refractivity contribution is 5.25. The number of aryl methyl sites for hydroxylation is 1. The molecule has 0 aliphatic carbocycles. The Hall–Kier alpha value is -0.930. The first kappa shape index (κ1) is 12.5. The van der Waals surface area contributed by atoms with Crippen molar-refractivity contribution in [2.45, 2.75) is 38.8 Å².